The minimum Gasteiger partial charge on any atom is -0.481 e. The van der Waals surface area contributed by atoms with Crippen LogP contribution in [0.15, 0.2) is 36.4 Å². The molecule has 30 heavy (non-hydrogen) atoms. The van der Waals surface area contributed by atoms with E-state index in [1.54, 1.807) is 0 Å². The van der Waals surface area contributed by atoms with Crippen LogP contribution in [0.3, 0.4) is 0 Å². The largest absolute Gasteiger partial charge is 0.481 e. The van der Waals surface area contributed by atoms with Gasteiger partial charge >= 0.3 is 5.97 Å². The van der Waals surface area contributed by atoms with Crippen LogP contribution in [0.4, 0.5) is 0 Å². The summed E-state index contributed by atoms with van der Waals surface area (Å²) >= 11 is 0. The molecular formula is C27H39NO2. The van der Waals surface area contributed by atoms with Crippen molar-refractivity contribution in [2.45, 2.75) is 90.4 Å². The molecule has 1 fully saturated rings. The Bertz CT molecular complexity index is 715. The van der Waals surface area contributed by atoms with Crippen LogP contribution in [0.25, 0.3) is 0 Å². The number of nitrogens with zero attached hydrogens (tertiary/aromatic N) is 1. The third kappa shape index (κ3) is 7.01. The first-order chi connectivity index (χ1) is 14.5. The first kappa shape index (κ1) is 24.2. The lowest BCUT2D eigenvalue weighted by atomic mass is 9.79. The second-order valence-electron chi connectivity index (χ2n) is 9.19. The van der Waals surface area contributed by atoms with Gasteiger partial charge in [0.2, 0.25) is 0 Å². The molecule has 3 nitrogen and oxygen atoms in total. The molecular weight excluding hydrogens is 370 g/mol. The topological polar surface area (TPSA) is 61.1 Å². The van der Waals surface area contributed by atoms with Crippen LogP contribution >= 0.6 is 0 Å². The van der Waals surface area contributed by atoms with E-state index in [0.29, 0.717) is 30.1 Å². The van der Waals surface area contributed by atoms with Gasteiger partial charge in [0.25, 0.3) is 0 Å². The van der Waals surface area contributed by atoms with Gasteiger partial charge in [-0.3, -0.25) is 4.79 Å². The quantitative estimate of drug-likeness (QED) is 0.288. The number of carbonyl (C=O) groups is 1. The fraction of sp³-hybridized carbons (Fsp3) is 0.630. The fourth-order valence-electron chi connectivity index (χ4n) is 5.09. The Balaban J connectivity index is 2.02. The van der Waals surface area contributed by atoms with E-state index in [4.69, 9.17) is 5.11 Å². The van der Waals surface area contributed by atoms with Gasteiger partial charge in [-0.1, -0.05) is 76.5 Å². The maximum absolute atomic E-state index is 10.6. The molecule has 1 aromatic carbocycles. The third-order valence-electron chi connectivity index (χ3n) is 6.85. The Morgan fingerprint density at radius 3 is 2.60 bits per heavy atom. The Hall–Kier alpha value is -2.08. The lowest BCUT2D eigenvalue weighted by Crippen LogP contribution is -2.14. The lowest BCUT2D eigenvalue weighted by molar-refractivity contribution is -0.137. The summed E-state index contributed by atoms with van der Waals surface area (Å²) in [6.07, 6.45) is 12.9. The van der Waals surface area contributed by atoms with E-state index in [0.717, 1.165) is 19.3 Å². The fourth-order valence-corrected chi connectivity index (χ4v) is 5.09. The molecule has 0 heterocycles. The van der Waals surface area contributed by atoms with Crippen LogP contribution in [0.1, 0.15) is 102 Å². The molecule has 0 saturated heterocycles. The number of rotatable bonds is 12. The molecule has 0 radical (unpaired) electrons. The van der Waals surface area contributed by atoms with Crippen molar-refractivity contribution in [2.75, 3.05) is 0 Å². The number of hydrogen-bond donors (Lipinski definition) is 1. The van der Waals surface area contributed by atoms with E-state index >= 15 is 0 Å². The summed E-state index contributed by atoms with van der Waals surface area (Å²) in [5.74, 6) is 1.23. The Kier molecular flexibility index (Phi) is 10.1. The maximum Gasteiger partial charge on any atom is 0.303 e. The molecule has 1 saturated carbocycles. The highest BCUT2D eigenvalue weighted by Gasteiger charge is 2.41. The van der Waals surface area contributed by atoms with Crippen molar-refractivity contribution in [3.05, 3.63) is 47.5 Å². The van der Waals surface area contributed by atoms with Crippen LogP contribution in [0, 0.1) is 29.1 Å². The molecule has 1 N–H and O–H groups in total. The predicted molar refractivity (Wildman–Crippen MR) is 123 cm³/mol. The molecule has 2 rings (SSSR count). The summed E-state index contributed by atoms with van der Waals surface area (Å²) in [7, 11) is 0. The molecule has 1 aromatic rings. The highest BCUT2D eigenvalue weighted by molar-refractivity contribution is 5.66. The van der Waals surface area contributed by atoms with Crippen molar-refractivity contribution in [3.63, 3.8) is 0 Å². The average molecular weight is 410 g/mol. The minimum absolute atomic E-state index is 0.0984. The standard InChI is InChI=1S/C27H39NO2/c1-4-5-8-11-20(2)22-14-16-23(17-15-22)27-21(3)18-24(19-28)25(27)12-9-6-7-10-13-26(29)30/h6,9,14-17,20-21,24-25,27H,4-5,7-8,10-13,18H2,1-3H3,(H,29,30)/b9-6-/t20?,21-,24+,25+,27-/m1/s1. The van der Waals surface area contributed by atoms with E-state index in [1.165, 1.54) is 36.8 Å². The number of carboxylic acids is 1. The second kappa shape index (κ2) is 12.6. The van der Waals surface area contributed by atoms with E-state index in [2.05, 4.69) is 63.3 Å². The van der Waals surface area contributed by atoms with Crippen LogP contribution in [0.5, 0.6) is 0 Å². The zero-order chi connectivity index (χ0) is 21.9. The molecule has 164 valence electrons. The molecule has 1 unspecified atom stereocenters. The number of allylic oxidation sites excluding steroid dienone is 2. The zero-order valence-corrected chi connectivity index (χ0v) is 19.0. The average Bonchev–Trinajstić information content (AvgIpc) is 3.05. The lowest BCUT2D eigenvalue weighted by Gasteiger charge is -2.24. The highest BCUT2D eigenvalue weighted by Crippen LogP contribution is 2.49. The molecule has 0 bridgehead atoms. The zero-order valence-electron chi connectivity index (χ0n) is 19.0. The second-order valence-corrected chi connectivity index (χ2v) is 9.19. The summed E-state index contributed by atoms with van der Waals surface area (Å²) in [6, 6.07) is 11.8. The van der Waals surface area contributed by atoms with Crippen LogP contribution in [0.2, 0.25) is 0 Å². The van der Waals surface area contributed by atoms with Gasteiger partial charge < -0.3 is 5.11 Å². The van der Waals surface area contributed by atoms with Gasteiger partial charge in [-0.15, -0.1) is 0 Å². The summed E-state index contributed by atoms with van der Waals surface area (Å²) < 4.78 is 0. The van der Waals surface area contributed by atoms with E-state index in [1.807, 2.05) is 0 Å². The highest BCUT2D eigenvalue weighted by atomic mass is 16.4. The number of carboxylic acid groups (broad SMARTS) is 1. The minimum atomic E-state index is -0.735. The van der Waals surface area contributed by atoms with Crippen LogP contribution in [-0.4, -0.2) is 11.1 Å². The summed E-state index contributed by atoms with van der Waals surface area (Å²) in [4.78, 5) is 10.6. The van der Waals surface area contributed by atoms with Gasteiger partial charge in [-0.05, 0) is 66.9 Å². The van der Waals surface area contributed by atoms with Crippen molar-refractivity contribution < 1.29 is 9.90 Å². The molecule has 0 amide bonds. The molecule has 0 aromatic heterocycles. The molecule has 5 atom stereocenters. The van der Waals surface area contributed by atoms with Gasteiger partial charge in [-0.25, -0.2) is 0 Å². The number of hydrogen-bond acceptors (Lipinski definition) is 2. The monoisotopic (exact) mass is 409 g/mol. The summed E-state index contributed by atoms with van der Waals surface area (Å²) in [5, 5.41) is 18.4. The first-order valence-corrected chi connectivity index (χ1v) is 11.8. The number of benzene rings is 1. The van der Waals surface area contributed by atoms with Crippen molar-refractivity contribution in [1.82, 2.24) is 0 Å². The van der Waals surface area contributed by atoms with Gasteiger partial charge in [-0.2, -0.15) is 5.26 Å². The Labute approximate surface area is 183 Å². The SMILES string of the molecule is CCCCCC(C)c1ccc([C@@H]2[C@@H](C/C=C\CCCC(=O)O)[C@H](C#N)C[C@H]2C)cc1. The van der Waals surface area contributed by atoms with Gasteiger partial charge in [0, 0.05) is 6.42 Å². The van der Waals surface area contributed by atoms with Crippen LogP contribution in [-0.2, 0) is 4.79 Å². The smallest absolute Gasteiger partial charge is 0.303 e. The van der Waals surface area contributed by atoms with Crippen molar-refractivity contribution >= 4 is 5.97 Å². The predicted octanol–water partition coefficient (Wildman–Crippen LogP) is 7.45. The molecule has 1 aliphatic rings. The molecule has 0 aliphatic heterocycles. The van der Waals surface area contributed by atoms with Gasteiger partial charge in [0.05, 0.1) is 12.0 Å². The van der Waals surface area contributed by atoms with Crippen LogP contribution < -0.4 is 0 Å². The molecule has 3 heteroatoms. The Morgan fingerprint density at radius 1 is 1.23 bits per heavy atom. The van der Waals surface area contributed by atoms with Crippen molar-refractivity contribution in [1.29, 1.82) is 5.26 Å². The molecule has 0 spiro atoms. The number of nitriles is 1. The number of unbranched alkanes of at least 4 members (excludes halogenated alkanes) is 3. The normalized spacial score (nSPS) is 24.7. The molecule has 1 aliphatic carbocycles. The van der Waals surface area contributed by atoms with Crippen molar-refractivity contribution in [2.24, 2.45) is 17.8 Å². The third-order valence-corrected chi connectivity index (χ3v) is 6.85. The van der Waals surface area contributed by atoms with Crippen molar-refractivity contribution in [3.8, 4) is 6.07 Å². The maximum atomic E-state index is 10.6. The first-order valence-electron chi connectivity index (χ1n) is 11.8. The van der Waals surface area contributed by atoms with E-state index in [9.17, 15) is 10.1 Å². The van der Waals surface area contributed by atoms with E-state index in [-0.39, 0.29) is 12.3 Å². The van der Waals surface area contributed by atoms with Gasteiger partial charge in [0.15, 0.2) is 0 Å². The summed E-state index contributed by atoms with van der Waals surface area (Å²) in [5.41, 5.74) is 2.79. The summed E-state index contributed by atoms with van der Waals surface area (Å²) in [6.45, 7) is 6.86. The Morgan fingerprint density at radius 2 is 1.97 bits per heavy atom. The number of aliphatic carboxylic acids is 1. The van der Waals surface area contributed by atoms with Gasteiger partial charge in [0.1, 0.15) is 0 Å². The van der Waals surface area contributed by atoms with E-state index < -0.39 is 5.97 Å².